The van der Waals surface area contributed by atoms with E-state index in [1.165, 1.54) is 5.56 Å². The molecule has 0 fully saturated rings. The number of methoxy groups -OCH3 is 1. The van der Waals surface area contributed by atoms with Crippen LogP contribution < -0.4 is 5.32 Å². The second-order valence-electron chi connectivity index (χ2n) is 4.04. The maximum atomic E-state index is 5.29. The number of hydrogen-bond donors (Lipinski definition) is 1. The van der Waals surface area contributed by atoms with E-state index in [1.54, 1.807) is 7.11 Å². The van der Waals surface area contributed by atoms with E-state index in [9.17, 15) is 0 Å². The Morgan fingerprint density at radius 2 is 2.14 bits per heavy atom. The maximum absolute atomic E-state index is 5.29. The zero-order valence-corrected chi connectivity index (χ0v) is 9.29. The summed E-state index contributed by atoms with van der Waals surface area (Å²) < 4.78 is 5.29. The molecule has 0 saturated carbocycles. The first kappa shape index (κ1) is 11.0. The summed E-state index contributed by atoms with van der Waals surface area (Å²) in [6, 6.07) is 4.01. The van der Waals surface area contributed by atoms with Crippen LogP contribution in [0.25, 0.3) is 0 Å². The Labute approximate surface area is 85.5 Å². The van der Waals surface area contributed by atoms with Crippen LogP contribution in [0, 0.1) is 6.92 Å². The third-order valence-corrected chi connectivity index (χ3v) is 2.16. The lowest BCUT2D eigenvalue weighted by Crippen LogP contribution is -2.32. The van der Waals surface area contributed by atoms with Crippen molar-refractivity contribution in [2.45, 2.75) is 26.4 Å². The van der Waals surface area contributed by atoms with Gasteiger partial charge in [-0.15, -0.1) is 0 Å². The fourth-order valence-electron chi connectivity index (χ4n) is 0.948. The SMILES string of the molecule is COC(C)(C)CNc1ccc(C)cn1. The zero-order chi connectivity index (χ0) is 10.6. The molecule has 0 aliphatic rings. The quantitative estimate of drug-likeness (QED) is 0.798. The highest BCUT2D eigenvalue weighted by Gasteiger charge is 2.15. The third kappa shape index (κ3) is 3.34. The number of aromatic nitrogens is 1. The molecule has 0 aromatic carbocycles. The molecule has 0 spiro atoms. The van der Waals surface area contributed by atoms with Crippen LogP contribution in [0.2, 0.25) is 0 Å². The summed E-state index contributed by atoms with van der Waals surface area (Å²) in [6.07, 6.45) is 1.85. The van der Waals surface area contributed by atoms with E-state index in [4.69, 9.17) is 4.74 Å². The minimum atomic E-state index is -0.160. The average molecular weight is 194 g/mol. The minimum absolute atomic E-state index is 0.160. The van der Waals surface area contributed by atoms with Crippen LogP contribution in [0.15, 0.2) is 18.3 Å². The molecule has 0 saturated heterocycles. The lowest BCUT2D eigenvalue weighted by molar-refractivity contribution is 0.0343. The second-order valence-corrected chi connectivity index (χ2v) is 4.04. The molecule has 0 atom stereocenters. The largest absolute Gasteiger partial charge is 0.377 e. The Hall–Kier alpha value is -1.09. The first-order chi connectivity index (χ1) is 6.53. The van der Waals surface area contributed by atoms with Crippen LogP contribution in [-0.2, 0) is 4.74 Å². The summed E-state index contributed by atoms with van der Waals surface area (Å²) in [4.78, 5) is 4.25. The van der Waals surface area contributed by atoms with Gasteiger partial charge in [-0.25, -0.2) is 4.98 Å². The van der Waals surface area contributed by atoms with Crippen molar-refractivity contribution in [1.82, 2.24) is 4.98 Å². The molecular weight excluding hydrogens is 176 g/mol. The molecule has 0 bridgehead atoms. The molecule has 14 heavy (non-hydrogen) atoms. The van der Waals surface area contributed by atoms with Crippen LogP contribution in [0.4, 0.5) is 5.82 Å². The van der Waals surface area contributed by atoms with Gasteiger partial charge in [0.05, 0.1) is 5.60 Å². The molecule has 0 radical (unpaired) electrons. The van der Waals surface area contributed by atoms with Crippen molar-refractivity contribution in [3.05, 3.63) is 23.9 Å². The van der Waals surface area contributed by atoms with E-state index in [2.05, 4.69) is 10.3 Å². The van der Waals surface area contributed by atoms with Crippen LogP contribution in [-0.4, -0.2) is 24.2 Å². The maximum Gasteiger partial charge on any atom is 0.125 e. The molecule has 3 heteroatoms. The van der Waals surface area contributed by atoms with E-state index in [0.29, 0.717) is 0 Å². The lowest BCUT2D eigenvalue weighted by Gasteiger charge is -2.23. The number of pyridine rings is 1. The van der Waals surface area contributed by atoms with Crippen molar-refractivity contribution in [2.24, 2.45) is 0 Å². The van der Waals surface area contributed by atoms with Gasteiger partial charge in [-0.1, -0.05) is 6.07 Å². The number of nitrogens with zero attached hydrogens (tertiary/aromatic N) is 1. The topological polar surface area (TPSA) is 34.1 Å². The van der Waals surface area contributed by atoms with Gasteiger partial charge in [0.1, 0.15) is 5.82 Å². The first-order valence-electron chi connectivity index (χ1n) is 4.75. The van der Waals surface area contributed by atoms with Gasteiger partial charge in [-0.2, -0.15) is 0 Å². The van der Waals surface area contributed by atoms with Crippen LogP contribution in [0.1, 0.15) is 19.4 Å². The highest BCUT2D eigenvalue weighted by atomic mass is 16.5. The number of aryl methyl sites for hydroxylation is 1. The molecule has 3 nitrogen and oxygen atoms in total. The van der Waals surface area contributed by atoms with Crippen molar-refractivity contribution in [3.8, 4) is 0 Å². The summed E-state index contributed by atoms with van der Waals surface area (Å²) in [7, 11) is 1.71. The number of rotatable bonds is 4. The van der Waals surface area contributed by atoms with Gasteiger partial charge in [0, 0.05) is 19.9 Å². The number of ether oxygens (including phenoxy) is 1. The number of nitrogens with one attached hydrogen (secondary N) is 1. The van der Waals surface area contributed by atoms with E-state index in [-0.39, 0.29) is 5.60 Å². The Bertz CT molecular complexity index is 280. The number of anilines is 1. The molecule has 0 unspecified atom stereocenters. The highest BCUT2D eigenvalue weighted by Crippen LogP contribution is 2.10. The molecule has 1 aromatic rings. The summed E-state index contributed by atoms with van der Waals surface area (Å²) in [5.41, 5.74) is 1.01. The smallest absolute Gasteiger partial charge is 0.125 e. The third-order valence-electron chi connectivity index (χ3n) is 2.16. The highest BCUT2D eigenvalue weighted by molar-refractivity contribution is 5.35. The molecule has 0 amide bonds. The predicted molar refractivity (Wildman–Crippen MR) is 58.6 cm³/mol. The zero-order valence-electron chi connectivity index (χ0n) is 9.29. The molecule has 1 heterocycles. The van der Waals surface area contributed by atoms with Crippen LogP contribution in [0.5, 0.6) is 0 Å². The second kappa shape index (κ2) is 4.42. The van der Waals surface area contributed by atoms with Gasteiger partial charge in [-0.3, -0.25) is 0 Å². The Kier molecular flexibility index (Phi) is 3.47. The van der Waals surface area contributed by atoms with Crippen LogP contribution >= 0.6 is 0 Å². The van der Waals surface area contributed by atoms with Gasteiger partial charge in [0.25, 0.3) is 0 Å². The molecule has 78 valence electrons. The summed E-state index contributed by atoms with van der Waals surface area (Å²) >= 11 is 0. The van der Waals surface area contributed by atoms with E-state index >= 15 is 0 Å². The molecule has 1 aromatic heterocycles. The molecule has 0 aliphatic carbocycles. The molecule has 1 rings (SSSR count). The predicted octanol–water partition coefficient (Wildman–Crippen LogP) is 2.23. The lowest BCUT2D eigenvalue weighted by atomic mass is 10.1. The van der Waals surface area contributed by atoms with E-state index < -0.39 is 0 Å². The van der Waals surface area contributed by atoms with Crippen molar-refractivity contribution >= 4 is 5.82 Å². The Morgan fingerprint density at radius 1 is 1.43 bits per heavy atom. The normalized spacial score (nSPS) is 11.4. The van der Waals surface area contributed by atoms with E-state index in [1.807, 2.05) is 39.1 Å². The van der Waals surface area contributed by atoms with Crippen molar-refractivity contribution < 1.29 is 4.74 Å². The van der Waals surface area contributed by atoms with Crippen LogP contribution in [0.3, 0.4) is 0 Å². The van der Waals surface area contributed by atoms with Gasteiger partial charge in [0.15, 0.2) is 0 Å². The summed E-state index contributed by atoms with van der Waals surface area (Å²) in [6.45, 7) is 6.85. The number of hydrogen-bond acceptors (Lipinski definition) is 3. The van der Waals surface area contributed by atoms with Gasteiger partial charge < -0.3 is 10.1 Å². The fraction of sp³-hybridized carbons (Fsp3) is 0.545. The Morgan fingerprint density at radius 3 is 2.64 bits per heavy atom. The monoisotopic (exact) mass is 194 g/mol. The first-order valence-corrected chi connectivity index (χ1v) is 4.75. The van der Waals surface area contributed by atoms with Crippen molar-refractivity contribution in [2.75, 3.05) is 19.0 Å². The summed E-state index contributed by atoms with van der Waals surface area (Å²) in [5, 5.41) is 3.23. The molecule has 1 N–H and O–H groups in total. The van der Waals surface area contributed by atoms with Gasteiger partial charge in [-0.05, 0) is 32.4 Å². The van der Waals surface area contributed by atoms with Crippen molar-refractivity contribution in [1.29, 1.82) is 0 Å². The minimum Gasteiger partial charge on any atom is -0.377 e. The van der Waals surface area contributed by atoms with E-state index in [0.717, 1.165) is 12.4 Å². The molecular formula is C11H18N2O. The van der Waals surface area contributed by atoms with Crippen molar-refractivity contribution in [3.63, 3.8) is 0 Å². The average Bonchev–Trinajstić information content (AvgIpc) is 2.17. The fourth-order valence-corrected chi connectivity index (χ4v) is 0.948. The molecule has 0 aliphatic heterocycles. The van der Waals surface area contributed by atoms with Gasteiger partial charge >= 0.3 is 0 Å². The Balaban J connectivity index is 2.50. The summed E-state index contributed by atoms with van der Waals surface area (Å²) in [5.74, 6) is 0.890. The standard InChI is InChI=1S/C11H18N2O/c1-9-5-6-10(12-7-9)13-8-11(2,3)14-4/h5-7H,8H2,1-4H3,(H,12,13). The van der Waals surface area contributed by atoms with Gasteiger partial charge in [0.2, 0.25) is 0 Å².